The van der Waals surface area contributed by atoms with E-state index in [1.807, 2.05) is 0 Å². The van der Waals surface area contributed by atoms with Crippen LogP contribution in [-0.2, 0) is 14.8 Å². The van der Waals surface area contributed by atoms with Crippen molar-refractivity contribution in [3.05, 3.63) is 35.2 Å². The summed E-state index contributed by atoms with van der Waals surface area (Å²) < 4.78 is 32.3. The lowest BCUT2D eigenvalue weighted by Gasteiger charge is -2.09. The molecule has 1 atom stereocenters. The number of nitrogens with one attached hydrogen (secondary N) is 2. The van der Waals surface area contributed by atoms with Crippen molar-refractivity contribution in [2.45, 2.75) is 31.6 Å². The molecular formula is C14H15N3O4S. The molecule has 0 bridgehead atoms. The molecule has 116 valence electrons. The lowest BCUT2D eigenvalue weighted by Crippen LogP contribution is -2.14. The Kier molecular flexibility index (Phi) is 3.21. The molecule has 2 N–H and O–H groups in total. The van der Waals surface area contributed by atoms with E-state index < -0.39 is 10.0 Å². The van der Waals surface area contributed by atoms with Gasteiger partial charge >= 0.3 is 0 Å². The maximum absolute atomic E-state index is 12.5. The van der Waals surface area contributed by atoms with Crippen LogP contribution in [0.25, 0.3) is 0 Å². The highest BCUT2D eigenvalue weighted by Crippen LogP contribution is 2.34. The molecule has 1 unspecified atom stereocenters. The number of carbonyl (C=O) groups is 1. The van der Waals surface area contributed by atoms with Gasteiger partial charge in [0.25, 0.3) is 10.0 Å². The third-order valence-corrected chi connectivity index (χ3v) is 5.28. The molecule has 0 aliphatic carbocycles. The summed E-state index contributed by atoms with van der Waals surface area (Å²) in [5.74, 6) is -0.171. The van der Waals surface area contributed by atoms with Gasteiger partial charge in [0, 0.05) is 11.4 Å². The Hall–Kier alpha value is -2.35. The Morgan fingerprint density at radius 1 is 1.32 bits per heavy atom. The van der Waals surface area contributed by atoms with Crippen molar-refractivity contribution in [3.63, 3.8) is 0 Å². The second kappa shape index (κ2) is 4.84. The van der Waals surface area contributed by atoms with Crippen molar-refractivity contribution in [2.24, 2.45) is 0 Å². The van der Waals surface area contributed by atoms with E-state index in [1.165, 1.54) is 0 Å². The fourth-order valence-corrected chi connectivity index (χ4v) is 3.93. The first-order valence-electron chi connectivity index (χ1n) is 6.70. The minimum atomic E-state index is -3.79. The molecule has 22 heavy (non-hydrogen) atoms. The van der Waals surface area contributed by atoms with Crippen molar-refractivity contribution >= 4 is 27.3 Å². The topological polar surface area (TPSA) is 101 Å². The monoisotopic (exact) mass is 321 g/mol. The van der Waals surface area contributed by atoms with Gasteiger partial charge in [-0.15, -0.1) is 0 Å². The van der Waals surface area contributed by atoms with E-state index in [1.54, 1.807) is 39.0 Å². The van der Waals surface area contributed by atoms with Crippen molar-refractivity contribution < 1.29 is 17.7 Å². The predicted octanol–water partition coefficient (Wildman–Crippen LogP) is 2.15. The third kappa shape index (κ3) is 2.25. The first-order chi connectivity index (χ1) is 10.3. The molecule has 0 saturated carbocycles. The van der Waals surface area contributed by atoms with Crippen molar-refractivity contribution in [2.75, 3.05) is 10.0 Å². The molecule has 2 aromatic rings. The number of amides is 1. The van der Waals surface area contributed by atoms with E-state index in [0.717, 1.165) is 5.56 Å². The van der Waals surface area contributed by atoms with Crippen LogP contribution in [0, 0.1) is 13.8 Å². The van der Waals surface area contributed by atoms with Gasteiger partial charge in [0.05, 0.1) is 5.92 Å². The number of fused-ring (bicyclic) bond motifs is 1. The molecule has 1 aromatic heterocycles. The number of benzene rings is 1. The number of sulfonamides is 1. The van der Waals surface area contributed by atoms with Crippen LogP contribution in [0.3, 0.4) is 0 Å². The van der Waals surface area contributed by atoms with E-state index in [9.17, 15) is 13.2 Å². The summed E-state index contributed by atoms with van der Waals surface area (Å²) >= 11 is 0. The molecule has 7 nitrogen and oxygen atoms in total. The Morgan fingerprint density at radius 3 is 2.68 bits per heavy atom. The SMILES string of the molecule is Cc1noc(C)c1S(=O)(=O)Nc1ccc2c(c1)C(C)C(=O)N2. The average molecular weight is 321 g/mol. The number of carbonyl (C=O) groups excluding carboxylic acids is 1. The quantitative estimate of drug-likeness (QED) is 0.902. The third-order valence-electron chi connectivity index (χ3n) is 3.66. The smallest absolute Gasteiger partial charge is 0.267 e. The fraction of sp³-hybridized carbons (Fsp3) is 0.286. The van der Waals surface area contributed by atoms with Gasteiger partial charge in [0.1, 0.15) is 5.69 Å². The van der Waals surface area contributed by atoms with E-state index in [2.05, 4.69) is 15.2 Å². The van der Waals surface area contributed by atoms with Gasteiger partial charge in [-0.3, -0.25) is 9.52 Å². The summed E-state index contributed by atoms with van der Waals surface area (Å²) in [5.41, 5.74) is 2.17. The number of aromatic nitrogens is 1. The maximum Gasteiger partial charge on any atom is 0.267 e. The molecule has 1 aliphatic heterocycles. The Bertz CT molecular complexity index is 851. The molecule has 1 aliphatic rings. The number of nitrogens with zero attached hydrogens (tertiary/aromatic N) is 1. The van der Waals surface area contributed by atoms with Crippen LogP contribution in [0.5, 0.6) is 0 Å². The van der Waals surface area contributed by atoms with Crippen LogP contribution in [0.2, 0.25) is 0 Å². The summed E-state index contributed by atoms with van der Waals surface area (Å²) in [6, 6.07) is 4.95. The Morgan fingerprint density at radius 2 is 2.05 bits per heavy atom. The van der Waals surface area contributed by atoms with Gasteiger partial charge < -0.3 is 9.84 Å². The summed E-state index contributed by atoms with van der Waals surface area (Å²) in [7, 11) is -3.79. The summed E-state index contributed by atoms with van der Waals surface area (Å²) in [6.07, 6.45) is 0. The predicted molar refractivity (Wildman–Crippen MR) is 80.3 cm³/mol. The van der Waals surface area contributed by atoms with Crippen LogP contribution < -0.4 is 10.0 Å². The highest BCUT2D eigenvalue weighted by Gasteiger charge is 2.28. The fourth-order valence-electron chi connectivity index (χ4n) is 2.54. The molecule has 1 aromatic carbocycles. The zero-order valence-corrected chi connectivity index (χ0v) is 13.1. The van der Waals surface area contributed by atoms with Crippen LogP contribution in [0.4, 0.5) is 11.4 Å². The molecule has 0 radical (unpaired) electrons. The molecular weight excluding hydrogens is 306 g/mol. The summed E-state index contributed by atoms with van der Waals surface area (Å²) in [4.78, 5) is 11.7. The first-order valence-corrected chi connectivity index (χ1v) is 8.18. The van der Waals surface area contributed by atoms with Gasteiger partial charge in [0.2, 0.25) is 5.91 Å². The van der Waals surface area contributed by atoms with Crippen molar-refractivity contribution in [1.82, 2.24) is 5.16 Å². The zero-order chi connectivity index (χ0) is 16.1. The lowest BCUT2D eigenvalue weighted by molar-refractivity contribution is -0.116. The summed E-state index contributed by atoms with van der Waals surface area (Å²) in [6.45, 7) is 4.88. The number of hydrogen-bond acceptors (Lipinski definition) is 5. The van der Waals surface area contributed by atoms with Gasteiger partial charge in [-0.05, 0) is 44.5 Å². The molecule has 3 rings (SSSR count). The molecule has 8 heteroatoms. The van der Waals surface area contributed by atoms with E-state index in [4.69, 9.17) is 4.52 Å². The van der Waals surface area contributed by atoms with Crippen LogP contribution in [0.1, 0.15) is 29.9 Å². The Labute approximate surface area is 127 Å². The Balaban J connectivity index is 1.96. The molecule has 0 fully saturated rings. The second-order valence-electron chi connectivity index (χ2n) is 5.27. The largest absolute Gasteiger partial charge is 0.360 e. The van der Waals surface area contributed by atoms with E-state index in [0.29, 0.717) is 17.1 Å². The van der Waals surface area contributed by atoms with Crippen LogP contribution >= 0.6 is 0 Å². The molecule has 2 heterocycles. The normalized spacial score (nSPS) is 17.2. The maximum atomic E-state index is 12.5. The highest BCUT2D eigenvalue weighted by atomic mass is 32.2. The second-order valence-corrected chi connectivity index (χ2v) is 6.89. The number of aryl methyl sites for hydroxylation is 2. The highest BCUT2D eigenvalue weighted by molar-refractivity contribution is 7.92. The molecule has 0 spiro atoms. The van der Waals surface area contributed by atoms with E-state index in [-0.39, 0.29) is 22.5 Å². The van der Waals surface area contributed by atoms with Crippen molar-refractivity contribution in [1.29, 1.82) is 0 Å². The first kappa shape index (κ1) is 14.6. The average Bonchev–Trinajstić information content (AvgIpc) is 2.91. The van der Waals surface area contributed by atoms with Gasteiger partial charge in [-0.1, -0.05) is 5.16 Å². The standard InChI is InChI=1S/C14H15N3O4S/c1-7-11-6-10(4-5-12(11)15-14(7)18)17-22(19,20)13-8(2)16-21-9(13)3/h4-7,17H,1-3H3,(H,15,18). The van der Waals surface area contributed by atoms with Gasteiger partial charge in [-0.25, -0.2) is 8.42 Å². The summed E-state index contributed by atoms with van der Waals surface area (Å²) in [5, 5.41) is 6.40. The van der Waals surface area contributed by atoms with Crippen LogP contribution in [-0.4, -0.2) is 19.5 Å². The van der Waals surface area contributed by atoms with Gasteiger partial charge in [-0.2, -0.15) is 0 Å². The minimum absolute atomic E-state index is 0.0373. The van der Waals surface area contributed by atoms with Crippen LogP contribution in [0.15, 0.2) is 27.6 Å². The minimum Gasteiger partial charge on any atom is -0.360 e. The lowest BCUT2D eigenvalue weighted by atomic mass is 10.0. The molecule has 0 saturated heterocycles. The molecule has 1 amide bonds. The van der Waals surface area contributed by atoms with Gasteiger partial charge in [0.15, 0.2) is 10.7 Å². The van der Waals surface area contributed by atoms with E-state index >= 15 is 0 Å². The van der Waals surface area contributed by atoms with Crippen molar-refractivity contribution in [3.8, 4) is 0 Å². The number of hydrogen-bond donors (Lipinski definition) is 2. The zero-order valence-electron chi connectivity index (χ0n) is 12.3. The number of anilines is 2. The number of rotatable bonds is 3.